The Morgan fingerprint density at radius 2 is 2.28 bits per heavy atom. The average Bonchev–Trinajstić information content (AvgIpc) is 2.98. The van der Waals surface area contributed by atoms with Crippen LogP contribution in [0.4, 0.5) is 0 Å². The third kappa shape index (κ3) is 2.01. The minimum Gasteiger partial charge on any atom is -0.298 e. The largest absolute Gasteiger partial charge is 0.298 e. The topological polar surface area (TPSA) is 57.7 Å². The first kappa shape index (κ1) is 11.3. The monoisotopic (exact) mass is 243 g/mol. The highest BCUT2D eigenvalue weighted by molar-refractivity contribution is 5.53. The third-order valence-electron chi connectivity index (χ3n) is 3.50. The number of nitrogens with one attached hydrogen (secondary N) is 1. The van der Waals surface area contributed by atoms with Crippen molar-refractivity contribution < 1.29 is 0 Å². The van der Waals surface area contributed by atoms with Gasteiger partial charge in [-0.05, 0) is 45.5 Å². The Morgan fingerprint density at radius 1 is 1.39 bits per heavy atom. The van der Waals surface area contributed by atoms with Crippen molar-refractivity contribution in [2.45, 2.75) is 25.8 Å². The second-order valence-corrected chi connectivity index (χ2v) is 4.83. The van der Waals surface area contributed by atoms with E-state index in [0.717, 1.165) is 29.5 Å². The number of rotatable bonds is 2. The number of nitrogens with zero attached hydrogens (tertiary/aromatic N) is 4. The second kappa shape index (κ2) is 4.49. The van der Waals surface area contributed by atoms with Crippen LogP contribution in [0.5, 0.6) is 0 Å². The first-order valence-corrected chi connectivity index (χ1v) is 6.29. The van der Waals surface area contributed by atoms with Crippen LogP contribution in [0.3, 0.4) is 0 Å². The lowest BCUT2D eigenvalue weighted by atomic mass is 10.1. The summed E-state index contributed by atoms with van der Waals surface area (Å²) in [5.41, 5.74) is 2.99. The highest BCUT2D eigenvalue weighted by atomic mass is 15.2. The van der Waals surface area contributed by atoms with Gasteiger partial charge in [-0.1, -0.05) is 0 Å². The van der Waals surface area contributed by atoms with Crippen LogP contribution < -0.4 is 0 Å². The van der Waals surface area contributed by atoms with Crippen molar-refractivity contribution in [1.29, 1.82) is 0 Å². The molecule has 3 heterocycles. The van der Waals surface area contributed by atoms with Crippen molar-refractivity contribution in [3.63, 3.8) is 0 Å². The van der Waals surface area contributed by atoms with E-state index in [9.17, 15) is 0 Å². The van der Waals surface area contributed by atoms with Crippen molar-refractivity contribution in [2.75, 3.05) is 13.6 Å². The van der Waals surface area contributed by atoms with Crippen LogP contribution >= 0.6 is 0 Å². The molecule has 1 fully saturated rings. The van der Waals surface area contributed by atoms with Crippen molar-refractivity contribution in [3.8, 4) is 11.4 Å². The SMILES string of the molecule is Cc1nc(-c2ccn[nH]2)cc(C2CCCN2C)n1. The van der Waals surface area contributed by atoms with Gasteiger partial charge >= 0.3 is 0 Å². The van der Waals surface area contributed by atoms with Gasteiger partial charge in [0.05, 0.1) is 23.1 Å². The molecule has 1 atom stereocenters. The number of hydrogen-bond acceptors (Lipinski definition) is 4. The fourth-order valence-electron chi connectivity index (χ4n) is 2.58. The lowest BCUT2D eigenvalue weighted by molar-refractivity contribution is 0.311. The van der Waals surface area contributed by atoms with Crippen molar-refractivity contribution in [3.05, 3.63) is 29.8 Å². The fourth-order valence-corrected chi connectivity index (χ4v) is 2.58. The van der Waals surface area contributed by atoms with E-state index in [1.165, 1.54) is 12.8 Å². The van der Waals surface area contributed by atoms with Crippen LogP contribution in [-0.4, -0.2) is 38.7 Å². The molecule has 0 saturated carbocycles. The van der Waals surface area contributed by atoms with Gasteiger partial charge in [-0.3, -0.25) is 10.00 Å². The summed E-state index contributed by atoms with van der Waals surface area (Å²) in [7, 11) is 2.16. The molecule has 18 heavy (non-hydrogen) atoms. The van der Waals surface area contributed by atoms with Gasteiger partial charge in [0.15, 0.2) is 0 Å². The first-order valence-electron chi connectivity index (χ1n) is 6.29. The average molecular weight is 243 g/mol. The van der Waals surface area contributed by atoms with Crippen LogP contribution in [0, 0.1) is 6.92 Å². The smallest absolute Gasteiger partial charge is 0.126 e. The molecule has 1 aliphatic heterocycles. The Morgan fingerprint density at radius 3 is 2.94 bits per heavy atom. The third-order valence-corrected chi connectivity index (χ3v) is 3.50. The predicted octanol–water partition coefficient (Wildman–Crippen LogP) is 1.94. The summed E-state index contributed by atoms with van der Waals surface area (Å²) in [6, 6.07) is 4.44. The van der Waals surface area contributed by atoms with Crippen molar-refractivity contribution in [1.82, 2.24) is 25.1 Å². The molecule has 1 saturated heterocycles. The lowest BCUT2D eigenvalue weighted by Gasteiger charge is -2.19. The lowest BCUT2D eigenvalue weighted by Crippen LogP contribution is -2.19. The van der Waals surface area contributed by atoms with Crippen LogP contribution in [0.25, 0.3) is 11.4 Å². The zero-order chi connectivity index (χ0) is 12.5. The Bertz CT molecular complexity index is 534. The molecular weight excluding hydrogens is 226 g/mol. The number of aromatic amines is 1. The molecular formula is C13H17N5. The molecule has 3 rings (SSSR count). The van der Waals surface area contributed by atoms with Gasteiger partial charge in [0.1, 0.15) is 5.82 Å². The van der Waals surface area contributed by atoms with E-state index in [-0.39, 0.29) is 0 Å². The quantitative estimate of drug-likeness (QED) is 0.875. The number of hydrogen-bond donors (Lipinski definition) is 1. The van der Waals surface area contributed by atoms with Crippen molar-refractivity contribution >= 4 is 0 Å². The van der Waals surface area contributed by atoms with E-state index in [2.05, 4.69) is 38.2 Å². The standard InChI is InChI=1S/C13H17N5/c1-9-15-11(10-5-6-14-17-10)8-12(16-9)13-4-3-7-18(13)2/h5-6,8,13H,3-4,7H2,1-2H3,(H,14,17). The van der Waals surface area contributed by atoms with Crippen molar-refractivity contribution in [2.24, 2.45) is 0 Å². The van der Waals surface area contributed by atoms with E-state index in [1.54, 1.807) is 6.20 Å². The van der Waals surface area contributed by atoms with E-state index in [1.807, 2.05) is 13.0 Å². The highest BCUT2D eigenvalue weighted by Gasteiger charge is 2.24. The molecule has 2 aromatic rings. The van der Waals surface area contributed by atoms with Crippen LogP contribution in [0.1, 0.15) is 30.4 Å². The summed E-state index contributed by atoms with van der Waals surface area (Å²) < 4.78 is 0. The van der Waals surface area contributed by atoms with Gasteiger partial charge in [0.2, 0.25) is 0 Å². The molecule has 1 unspecified atom stereocenters. The van der Waals surface area contributed by atoms with Gasteiger partial charge in [-0.15, -0.1) is 0 Å². The van der Waals surface area contributed by atoms with E-state index < -0.39 is 0 Å². The summed E-state index contributed by atoms with van der Waals surface area (Å²) in [5.74, 6) is 0.817. The zero-order valence-corrected chi connectivity index (χ0v) is 10.7. The molecule has 0 bridgehead atoms. The Kier molecular flexibility index (Phi) is 2.83. The van der Waals surface area contributed by atoms with Crippen LogP contribution in [0.15, 0.2) is 18.3 Å². The molecule has 0 aromatic carbocycles. The number of likely N-dealkylation sites (tertiary alicyclic amines) is 1. The van der Waals surface area contributed by atoms with Crippen LogP contribution in [0.2, 0.25) is 0 Å². The number of aryl methyl sites for hydroxylation is 1. The summed E-state index contributed by atoms with van der Waals surface area (Å²) in [4.78, 5) is 11.4. The number of aromatic nitrogens is 4. The molecule has 2 aromatic heterocycles. The van der Waals surface area contributed by atoms with Gasteiger partial charge in [-0.25, -0.2) is 9.97 Å². The highest BCUT2D eigenvalue weighted by Crippen LogP contribution is 2.30. The molecule has 94 valence electrons. The maximum atomic E-state index is 4.59. The van der Waals surface area contributed by atoms with Gasteiger partial charge < -0.3 is 0 Å². The van der Waals surface area contributed by atoms with E-state index in [0.29, 0.717) is 6.04 Å². The summed E-state index contributed by atoms with van der Waals surface area (Å²) >= 11 is 0. The van der Waals surface area contributed by atoms with E-state index >= 15 is 0 Å². The second-order valence-electron chi connectivity index (χ2n) is 4.83. The summed E-state index contributed by atoms with van der Waals surface area (Å²) in [6.45, 7) is 3.09. The Hall–Kier alpha value is -1.75. The molecule has 0 amide bonds. The molecule has 1 aliphatic rings. The maximum absolute atomic E-state index is 4.59. The maximum Gasteiger partial charge on any atom is 0.126 e. The Labute approximate surface area is 106 Å². The summed E-state index contributed by atoms with van der Waals surface area (Å²) in [5, 5.41) is 6.93. The van der Waals surface area contributed by atoms with Gasteiger partial charge in [0, 0.05) is 6.20 Å². The molecule has 0 spiro atoms. The molecule has 5 heteroatoms. The normalized spacial score (nSPS) is 20.4. The summed E-state index contributed by atoms with van der Waals surface area (Å²) in [6.07, 6.45) is 4.16. The Balaban J connectivity index is 2.01. The minimum atomic E-state index is 0.424. The molecule has 1 N–H and O–H groups in total. The zero-order valence-electron chi connectivity index (χ0n) is 10.7. The van der Waals surface area contributed by atoms with Gasteiger partial charge in [-0.2, -0.15) is 5.10 Å². The van der Waals surface area contributed by atoms with Crippen LogP contribution in [-0.2, 0) is 0 Å². The van der Waals surface area contributed by atoms with Gasteiger partial charge in [0.25, 0.3) is 0 Å². The predicted molar refractivity (Wildman–Crippen MR) is 69.0 cm³/mol. The molecule has 0 radical (unpaired) electrons. The fraction of sp³-hybridized carbons (Fsp3) is 0.462. The number of H-pyrrole nitrogens is 1. The minimum absolute atomic E-state index is 0.424. The first-order chi connectivity index (χ1) is 8.74. The molecule has 5 nitrogen and oxygen atoms in total. The van der Waals surface area contributed by atoms with E-state index in [4.69, 9.17) is 0 Å². The molecule has 0 aliphatic carbocycles.